The van der Waals surface area contributed by atoms with Crippen LogP contribution in [0.3, 0.4) is 0 Å². The SMILES string of the molecule is COc1ccc(Br)cc1Cn1cc(CCl)nn1. The molecule has 0 saturated heterocycles. The average molecular weight is 317 g/mol. The summed E-state index contributed by atoms with van der Waals surface area (Å²) in [4.78, 5) is 0. The number of methoxy groups -OCH3 is 1. The van der Waals surface area contributed by atoms with Gasteiger partial charge in [-0.3, -0.25) is 0 Å². The molecule has 1 aromatic heterocycles. The van der Waals surface area contributed by atoms with Gasteiger partial charge in [0.25, 0.3) is 0 Å². The van der Waals surface area contributed by atoms with Gasteiger partial charge in [0.15, 0.2) is 0 Å². The zero-order valence-electron chi connectivity index (χ0n) is 9.23. The van der Waals surface area contributed by atoms with E-state index in [0.717, 1.165) is 21.5 Å². The smallest absolute Gasteiger partial charge is 0.124 e. The highest BCUT2D eigenvalue weighted by molar-refractivity contribution is 9.10. The summed E-state index contributed by atoms with van der Waals surface area (Å²) >= 11 is 9.11. The van der Waals surface area contributed by atoms with E-state index in [0.29, 0.717) is 12.4 Å². The van der Waals surface area contributed by atoms with Crippen molar-refractivity contribution in [2.45, 2.75) is 12.4 Å². The molecule has 4 nitrogen and oxygen atoms in total. The molecule has 0 unspecified atom stereocenters. The lowest BCUT2D eigenvalue weighted by molar-refractivity contribution is 0.407. The third-order valence-electron chi connectivity index (χ3n) is 2.30. The minimum atomic E-state index is 0.371. The molecule has 0 saturated carbocycles. The summed E-state index contributed by atoms with van der Waals surface area (Å²) in [5, 5.41) is 7.94. The van der Waals surface area contributed by atoms with Crippen LogP contribution in [-0.4, -0.2) is 22.1 Å². The molecule has 0 N–H and O–H groups in total. The van der Waals surface area contributed by atoms with E-state index < -0.39 is 0 Å². The van der Waals surface area contributed by atoms with Crippen molar-refractivity contribution in [1.82, 2.24) is 15.0 Å². The van der Waals surface area contributed by atoms with Crippen molar-refractivity contribution >= 4 is 27.5 Å². The molecule has 0 aliphatic carbocycles. The number of hydrogen-bond acceptors (Lipinski definition) is 3. The maximum absolute atomic E-state index is 5.68. The number of aromatic nitrogens is 3. The molecule has 0 fully saturated rings. The normalized spacial score (nSPS) is 10.5. The van der Waals surface area contributed by atoms with Gasteiger partial charge in [0, 0.05) is 10.0 Å². The van der Waals surface area contributed by atoms with Gasteiger partial charge in [0.1, 0.15) is 5.75 Å². The fourth-order valence-electron chi connectivity index (χ4n) is 1.52. The highest BCUT2D eigenvalue weighted by Crippen LogP contribution is 2.23. The maximum Gasteiger partial charge on any atom is 0.124 e. The van der Waals surface area contributed by atoms with Crippen molar-refractivity contribution < 1.29 is 4.74 Å². The first kappa shape index (κ1) is 12.4. The van der Waals surface area contributed by atoms with E-state index in [4.69, 9.17) is 16.3 Å². The number of ether oxygens (including phenoxy) is 1. The first-order valence-electron chi connectivity index (χ1n) is 5.00. The Balaban J connectivity index is 2.25. The van der Waals surface area contributed by atoms with Crippen LogP contribution in [0.25, 0.3) is 0 Å². The van der Waals surface area contributed by atoms with E-state index in [1.54, 1.807) is 11.8 Å². The first-order chi connectivity index (χ1) is 8.22. The summed E-state index contributed by atoms with van der Waals surface area (Å²) in [5.41, 5.74) is 1.80. The van der Waals surface area contributed by atoms with Crippen LogP contribution in [0.1, 0.15) is 11.3 Å². The first-order valence-corrected chi connectivity index (χ1v) is 6.33. The Hall–Kier alpha value is -1.07. The van der Waals surface area contributed by atoms with Gasteiger partial charge >= 0.3 is 0 Å². The minimum Gasteiger partial charge on any atom is -0.496 e. The van der Waals surface area contributed by atoms with Gasteiger partial charge < -0.3 is 4.74 Å². The molecule has 0 aliphatic heterocycles. The van der Waals surface area contributed by atoms with Crippen LogP contribution >= 0.6 is 27.5 Å². The van der Waals surface area contributed by atoms with Crippen molar-refractivity contribution in [2.24, 2.45) is 0 Å². The highest BCUT2D eigenvalue weighted by atomic mass is 79.9. The Morgan fingerprint density at radius 1 is 1.47 bits per heavy atom. The molecule has 0 amide bonds. The third kappa shape index (κ3) is 2.98. The van der Waals surface area contributed by atoms with Crippen LogP contribution in [0.4, 0.5) is 0 Å². The second-order valence-corrected chi connectivity index (χ2v) is 4.68. The number of alkyl halides is 1. The standard InChI is InChI=1S/C11H11BrClN3O/c1-17-11-3-2-9(12)4-8(11)6-16-7-10(5-13)14-15-16/h2-4,7H,5-6H2,1H3. The van der Waals surface area contributed by atoms with Gasteiger partial charge in [-0.05, 0) is 18.2 Å². The van der Waals surface area contributed by atoms with E-state index in [9.17, 15) is 0 Å². The number of nitrogens with zero attached hydrogens (tertiary/aromatic N) is 3. The van der Waals surface area contributed by atoms with Crippen molar-refractivity contribution in [3.8, 4) is 5.75 Å². The van der Waals surface area contributed by atoms with Crippen LogP contribution in [-0.2, 0) is 12.4 Å². The van der Waals surface area contributed by atoms with Crippen LogP contribution in [0.2, 0.25) is 0 Å². The quantitative estimate of drug-likeness (QED) is 0.814. The van der Waals surface area contributed by atoms with Crippen LogP contribution in [0, 0.1) is 0 Å². The molecule has 1 aromatic carbocycles. The van der Waals surface area contributed by atoms with Crippen molar-refractivity contribution in [2.75, 3.05) is 7.11 Å². The van der Waals surface area contributed by atoms with Crippen molar-refractivity contribution in [3.05, 3.63) is 40.1 Å². The molecule has 0 bridgehead atoms. The topological polar surface area (TPSA) is 39.9 Å². The molecule has 90 valence electrons. The fraction of sp³-hybridized carbons (Fsp3) is 0.273. The molecular weight excluding hydrogens is 305 g/mol. The zero-order valence-corrected chi connectivity index (χ0v) is 11.6. The molecule has 2 rings (SSSR count). The molecule has 1 heterocycles. The number of rotatable bonds is 4. The van der Waals surface area contributed by atoms with Gasteiger partial charge in [-0.25, -0.2) is 4.68 Å². The summed E-state index contributed by atoms with van der Waals surface area (Å²) in [7, 11) is 1.65. The average Bonchev–Trinajstić information content (AvgIpc) is 2.77. The maximum atomic E-state index is 5.68. The summed E-state index contributed by atoms with van der Waals surface area (Å²) in [6.45, 7) is 0.604. The molecule has 0 radical (unpaired) electrons. The second kappa shape index (κ2) is 5.51. The molecule has 6 heteroatoms. The molecule has 0 aliphatic rings. The Labute approximate surface area is 113 Å². The monoisotopic (exact) mass is 315 g/mol. The summed E-state index contributed by atoms with van der Waals surface area (Å²) in [6.07, 6.45) is 1.83. The van der Waals surface area contributed by atoms with Crippen LogP contribution < -0.4 is 4.74 Å². The third-order valence-corrected chi connectivity index (χ3v) is 3.06. The van der Waals surface area contributed by atoms with E-state index >= 15 is 0 Å². The lowest BCUT2D eigenvalue weighted by Crippen LogP contribution is -2.02. The number of halogens is 2. The molecule has 2 aromatic rings. The summed E-state index contributed by atoms with van der Waals surface area (Å²) < 4.78 is 8.04. The molecule has 0 atom stereocenters. The lowest BCUT2D eigenvalue weighted by Gasteiger charge is -2.08. The fourth-order valence-corrected chi connectivity index (χ4v) is 2.05. The van der Waals surface area contributed by atoms with Gasteiger partial charge in [0.05, 0.1) is 31.4 Å². The predicted molar refractivity (Wildman–Crippen MR) is 69.4 cm³/mol. The Kier molecular flexibility index (Phi) is 4.02. The predicted octanol–water partition coefficient (Wildman–Crippen LogP) is 2.84. The van der Waals surface area contributed by atoms with Crippen molar-refractivity contribution in [1.29, 1.82) is 0 Å². The minimum absolute atomic E-state index is 0.371. The number of benzene rings is 1. The zero-order chi connectivity index (χ0) is 12.3. The Morgan fingerprint density at radius 2 is 2.29 bits per heavy atom. The van der Waals surface area contributed by atoms with Crippen molar-refractivity contribution in [3.63, 3.8) is 0 Å². The number of hydrogen-bond donors (Lipinski definition) is 0. The van der Waals surface area contributed by atoms with E-state index in [-0.39, 0.29) is 0 Å². The summed E-state index contributed by atoms with van der Waals surface area (Å²) in [5.74, 6) is 1.20. The largest absolute Gasteiger partial charge is 0.496 e. The van der Waals surface area contributed by atoms with Crippen LogP contribution in [0.15, 0.2) is 28.9 Å². The molecule has 17 heavy (non-hydrogen) atoms. The van der Waals surface area contributed by atoms with Gasteiger partial charge in [0.2, 0.25) is 0 Å². The van der Waals surface area contributed by atoms with E-state index in [2.05, 4.69) is 26.2 Å². The molecular formula is C11H11BrClN3O. The Bertz CT molecular complexity index is 515. The lowest BCUT2D eigenvalue weighted by atomic mass is 10.2. The van der Waals surface area contributed by atoms with Gasteiger partial charge in [-0.15, -0.1) is 16.7 Å². The van der Waals surface area contributed by atoms with E-state index in [1.165, 1.54) is 0 Å². The van der Waals surface area contributed by atoms with E-state index in [1.807, 2.05) is 24.4 Å². The second-order valence-electron chi connectivity index (χ2n) is 3.50. The highest BCUT2D eigenvalue weighted by Gasteiger charge is 2.06. The Morgan fingerprint density at radius 3 is 2.94 bits per heavy atom. The summed E-state index contributed by atoms with van der Waals surface area (Å²) in [6, 6.07) is 5.85. The van der Waals surface area contributed by atoms with Gasteiger partial charge in [-0.2, -0.15) is 0 Å². The van der Waals surface area contributed by atoms with Gasteiger partial charge in [-0.1, -0.05) is 21.1 Å². The van der Waals surface area contributed by atoms with Crippen LogP contribution in [0.5, 0.6) is 5.75 Å². The molecule has 0 spiro atoms.